The number of aromatic nitrogens is 3. The summed E-state index contributed by atoms with van der Waals surface area (Å²) in [6.07, 6.45) is -1.24. The fraction of sp³-hybridized carbons (Fsp3) is 0.143. The fourth-order valence-electron chi connectivity index (χ4n) is 2.20. The SMILES string of the molecule is Cn1c(-c2cc(C(F)(F)F)ccc2N)nc2ccncc21. The van der Waals surface area contributed by atoms with Crippen LogP contribution in [0.15, 0.2) is 36.7 Å². The molecule has 108 valence electrons. The molecule has 0 saturated carbocycles. The summed E-state index contributed by atoms with van der Waals surface area (Å²) < 4.78 is 40.2. The van der Waals surface area contributed by atoms with Crippen molar-refractivity contribution in [1.82, 2.24) is 14.5 Å². The van der Waals surface area contributed by atoms with E-state index in [0.29, 0.717) is 11.3 Å². The molecular formula is C14H11F3N4. The van der Waals surface area contributed by atoms with Crippen LogP contribution in [-0.2, 0) is 13.2 Å². The smallest absolute Gasteiger partial charge is 0.398 e. The zero-order valence-electron chi connectivity index (χ0n) is 11.0. The Morgan fingerprint density at radius 1 is 1.19 bits per heavy atom. The van der Waals surface area contributed by atoms with E-state index in [0.717, 1.165) is 17.6 Å². The fourth-order valence-corrected chi connectivity index (χ4v) is 2.20. The average Bonchev–Trinajstić information content (AvgIpc) is 2.76. The first kappa shape index (κ1) is 13.4. The monoisotopic (exact) mass is 292 g/mol. The number of nitrogen functional groups attached to an aromatic ring is 1. The van der Waals surface area contributed by atoms with Gasteiger partial charge in [-0.1, -0.05) is 0 Å². The van der Waals surface area contributed by atoms with Crippen molar-refractivity contribution in [2.24, 2.45) is 7.05 Å². The van der Waals surface area contributed by atoms with E-state index in [2.05, 4.69) is 9.97 Å². The van der Waals surface area contributed by atoms with Gasteiger partial charge >= 0.3 is 6.18 Å². The summed E-state index contributed by atoms with van der Waals surface area (Å²) in [5, 5.41) is 0. The molecule has 4 nitrogen and oxygen atoms in total. The van der Waals surface area contributed by atoms with E-state index in [1.54, 1.807) is 30.1 Å². The standard InChI is InChI=1S/C14H11F3N4/c1-21-12-7-19-5-4-11(12)20-13(21)9-6-8(14(15,16)17)2-3-10(9)18/h2-7H,18H2,1H3. The summed E-state index contributed by atoms with van der Waals surface area (Å²) in [5.74, 6) is 0.376. The topological polar surface area (TPSA) is 56.7 Å². The number of hydrogen-bond acceptors (Lipinski definition) is 3. The van der Waals surface area contributed by atoms with E-state index in [4.69, 9.17) is 5.73 Å². The van der Waals surface area contributed by atoms with Gasteiger partial charge in [0.05, 0.1) is 22.8 Å². The van der Waals surface area contributed by atoms with E-state index in [1.807, 2.05) is 0 Å². The van der Waals surface area contributed by atoms with Crippen molar-refractivity contribution in [3.63, 3.8) is 0 Å². The summed E-state index contributed by atoms with van der Waals surface area (Å²) >= 11 is 0. The van der Waals surface area contributed by atoms with Crippen molar-refractivity contribution in [3.05, 3.63) is 42.2 Å². The van der Waals surface area contributed by atoms with Crippen molar-refractivity contribution >= 4 is 16.7 Å². The van der Waals surface area contributed by atoms with Crippen LogP contribution >= 0.6 is 0 Å². The molecule has 0 aliphatic rings. The Kier molecular flexibility index (Phi) is 2.86. The zero-order valence-corrected chi connectivity index (χ0v) is 11.0. The molecule has 21 heavy (non-hydrogen) atoms. The number of fused-ring (bicyclic) bond motifs is 1. The second-order valence-corrected chi connectivity index (χ2v) is 4.66. The number of pyridine rings is 1. The molecule has 2 heterocycles. The van der Waals surface area contributed by atoms with Gasteiger partial charge in [0.25, 0.3) is 0 Å². The third kappa shape index (κ3) is 2.20. The highest BCUT2D eigenvalue weighted by atomic mass is 19.4. The summed E-state index contributed by atoms with van der Waals surface area (Å²) in [4.78, 5) is 8.33. The third-order valence-corrected chi connectivity index (χ3v) is 3.30. The number of benzene rings is 1. The van der Waals surface area contributed by atoms with Crippen LogP contribution in [0.4, 0.5) is 18.9 Å². The first-order valence-corrected chi connectivity index (χ1v) is 6.11. The minimum Gasteiger partial charge on any atom is -0.398 e. The summed E-state index contributed by atoms with van der Waals surface area (Å²) in [6.45, 7) is 0. The number of alkyl halides is 3. The van der Waals surface area contributed by atoms with Crippen molar-refractivity contribution in [2.45, 2.75) is 6.18 Å². The van der Waals surface area contributed by atoms with Crippen molar-refractivity contribution in [3.8, 4) is 11.4 Å². The number of nitrogens with zero attached hydrogens (tertiary/aromatic N) is 3. The van der Waals surface area contributed by atoms with Crippen molar-refractivity contribution in [2.75, 3.05) is 5.73 Å². The van der Waals surface area contributed by atoms with E-state index in [9.17, 15) is 13.2 Å². The lowest BCUT2D eigenvalue weighted by atomic mass is 10.1. The lowest BCUT2D eigenvalue weighted by Gasteiger charge is -2.11. The molecule has 0 radical (unpaired) electrons. The van der Waals surface area contributed by atoms with Gasteiger partial charge < -0.3 is 10.3 Å². The summed E-state index contributed by atoms with van der Waals surface area (Å²) in [7, 11) is 1.71. The van der Waals surface area contributed by atoms with Gasteiger partial charge in [0.15, 0.2) is 0 Å². The molecule has 7 heteroatoms. The number of hydrogen-bond donors (Lipinski definition) is 1. The Hall–Kier alpha value is -2.57. The third-order valence-electron chi connectivity index (χ3n) is 3.30. The molecular weight excluding hydrogens is 281 g/mol. The minimum atomic E-state index is -4.42. The van der Waals surface area contributed by atoms with Crippen LogP contribution in [0.25, 0.3) is 22.4 Å². The van der Waals surface area contributed by atoms with Gasteiger partial charge in [-0.2, -0.15) is 13.2 Å². The number of rotatable bonds is 1. The maximum Gasteiger partial charge on any atom is 0.416 e. The molecule has 0 fully saturated rings. The highest BCUT2D eigenvalue weighted by Gasteiger charge is 2.31. The Bertz CT molecular complexity index is 821. The van der Waals surface area contributed by atoms with Crippen LogP contribution in [0.3, 0.4) is 0 Å². The van der Waals surface area contributed by atoms with Crippen molar-refractivity contribution < 1.29 is 13.2 Å². The van der Waals surface area contributed by atoms with E-state index in [-0.39, 0.29) is 11.3 Å². The average molecular weight is 292 g/mol. The number of nitrogens with two attached hydrogens (primary N) is 1. The lowest BCUT2D eigenvalue weighted by Crippen LogP contribution is -2.06. The van der Waals surface area contributed by atoms with Crippen LogP contribution in [0, 0.1) is 0 Å². The van der Waals surface area contributed by atoms with Crippen LogP contribution in [0.1, 0.15) is 5.56 Å². The highest BCUT2D eigenvalue weighted by Crippen LogP contribution is 2.35. The molecule has 1 aromatic carbocycles. The second-order valence-electron chi connectivity index (χ2n) is 4.66. The Balaban J connectivity index is 2.25. The van der Waals surface area contributed by atoms with Crippen molar-refractivity contribution in [1.29, 1.82) is 0 Å². The van der Waals surface area contributed by atoms with Crippen LogP contribution in [0.2, 0.25) is 0 Å². The van der Waals surface area contributed by atoms with Crippen LogP contribution < -0.4 is 5.73 Å². The number of imidazole rings is 1. The maximum atomic E-state index is 12.8. The van der Waals surface area contributed by atoms with Gasteiger partial charge in [-0.05, 0) is 24.3 Å². The van der Waals surface area contributed by atoms with Gasteiger partial charge in [0.2, 0.25) is 0 Å². The predicted molar refractivity (Wildman–Crippen MR) is 73.4 cm³/mol. The zero-order chi connectivity index (χ0) is 15.2. The second kappa shape index (κ2) is 4.47. The van der Waals surface area contributed by atoms with E-state index >= 15 is 0 Å². The first-order chi connectivity index (χ1) is 9.88. The number of halogens is 3. The first-order valence-electron chi connectivity index (χ1n) is 6.11. The molecule has 0 spiro atoms. The Morgan fingerprint density at radius 2 is 1.95 bits per heavy atom. The summed E-state index contributed by atoms with van der Waals surface area (Å²) in [5.41, 5.74) is 6.94. The summed E-state index contributed by atoms with van der Waals surface area (Å²) in [6, 6.07) is 4.92. The molecule has 3 aromatic rings. The molecule has 0 bridgehead atoms. The lowest BCUT2D eigenvalue weighted by molar-refractivity contribution is -0.137. The number of aryl methyl sites for hydroxylation is 1. The molecule has 3 rings (SSSR count). The number of anilines is 1. The van der Waals surface area contributed by atoms with Crippen LogP contribution in [-0.4, -0.2) is 14.5 Å². The molecule has 0 aliphatic carbocycles. The van der Waals surface area contributed by atoms with Crippen LogP contribution in [0.5, 0.6) is 0 Å². The van der Waals surface area contributed by atoms with Gasteiger partial charge in [0, 0.05) is 24.5 Å². The quantitative estimate of drug-likeness (QED) is 0.700. The molecule has 0 aliphatic heterocycles. The minimum absolute atomic E-state index is 0.245. The highest BCUT2D eigenvalue weighted by molar-refractivity contribution is 5.83. The van der Waals surface area contributed by atoms with Gasteiger partial charge in [-0.3, -0.25) is 4.98 Å². The maximum absolute atomic E-state index is 12.8. The molecule has 0 saturated heterocycles. The van der Waals surface area contributed by atoms with E-state index in [1.165, 1.54) is 6.07 Å². The normalized spacial score (nSPS) is 12.0. The molecule has 0 atom stereocenters. The molecule has 2 N–H and O–H groups in total. The molecule has 0 amide bonds. The molecule has 0 unspecified atom stereocenters. The Morgan fingerprint density at radius 3 is 2.62 bits per heavy atom. The van der Waals surface area contributed by atoms with E-state index < -0.39 is 11.7 Å². The predicted octanol–water partition coefficient (Wildman–Crippen LogP) is 3.24. The Labute approximate surface area is 118 Å². The van der Waals surface area contributed by atoms with Gasteiger partial charge in [0.1, 0.15) is 5.82 Å². The molecule has 2 aromatic heterocycles. The van der Waals surface area contributed by atoms with Gasteiger partial charge in [-0.15, -0.1) is 0 Å². The van der Waals surface area contributed by atoms with Gasteiger partial charge in [-0.25, -0.2) is 4.98 Å². The largest absolute Gasteiger partial charge is 0.416 e.